The third-order valence-corrected chi connectivity index (χ3v) is 2.16. The molecule has 1 aromatic rings. The maximum Gasteiger partial charge on any atom is 0.376 e. The Morgan fingerprint density at radius 2 is 1.68 bits per heavy atom. The Hall–Kier alpha value is -1.63. The predicted octanol–water partition coefficient (Wildman–Crippen LogP) is 1.45. The summed E-state index contributed by atoms with van der Waals surface area (Å²) in [6, 6.07) is 6.77. The molecule has 1 rings (SSSR count). The van der Waals surface area contributed by atoms with Gasteiger partial charge < -0.3 is 14.2 Å². The van der Waals surface area contributed by atoms with E-state index in [9.17, 15) is 4.79 Å². The summed E-state index contributed by atoms with van der Waals surface area (Å²) < 4.78 is 15.1. The second-order valence-electron chi connectivity index (χ2n) is 3.52. The minimum absolute atomic E-state index is 0.176. The molecule has 0 aliphatic heterocycles. The highest BCUT2D eigenvalue weighted by Crippen LogP contribution is 2.18. The van der Waals surface area contributed by atoms with E-state index in [1.165, 1.54) is 7.11 Å². The van der Waals surface area contributed by atoms with Gasteiger partial charge in [0.05, 0.1) is 13.2 Å². The molecule has 0 aliphatic rings. The second kappa shape index (κ2) is 9.32. The fourth-order valence-corrected chi connectivity index (χ4v) is 1.25. The molecular formula is C13H18O6. The SMILES string of the molecule is COCCOOC(=O)c1ccccc1OCCOC. The quantitative estimate of drug-likeness (QED) is 0.384. The van der Waals surface area contributed by atoms with E-state index in [1.807, 2.05) is 0 Å². The summed E-state index contributed by atoms with van der Waals surface area (Å²) in [6.07, 6.45) is 0. The highest BCUT2D eigenvalue weighted by Gasteiger charge is 2.14. The average molecular weight is 270 g/mol. The van der Waals surface area contributed by atoms with Gasteiger partial charge in [0, 0.05) is 14.2 Å². The molecule has 106 valence electrons. The van der Waals surface area contributed by atoms with Crippen molar-refractivity contribution in [3.63, 3.8) is 0 Å². The van der Waals surface area contributed by atoms with Crippen molar-refractivity contribution in [2.45, 2.75) is 0 Å². The predicted molar refractivity (Wildman–Crippen MR) is 67.1 cm³/mol. The maximum absolute atomic E-state index is 11.8. The molecule has 0 saturated carbocycles. The molecule has 0 fully saturated rings. The summed E-state index contributed by atoms with van der Waals surface area (Å²) >= 11 is 0. The lowest BCUT2D eigenvalue weighted by Gasteiger charge is -2.10. The molecule has 0 radical (unpaired) electrons. The zero-order chi connectivity index (χ0) is 13.9. The van der Waals surface area contributed by atoms with E-state index < -0.39 is 5.97 Å². The van der Waals surface area contributed by atoms with Crippen LogP contribution >= 0.6 is 0 Å². The Kier molecular flexibility index (Phi) is 7.57. The van der Waals surface area contributed by atoms with Crippen molar-refractivity contribution < 1.29 is 28.8 Å². The van der Waals surface area contributed by atoms with Crippen molar-refractivity contribution in [1.82, 2.24) is 0 Å². The first-order valence-corrected chi connectivity index (χ1v) is 5.83. The van der Waals surface area contributed by atoms with Crippen molar-refractivity contribution in [3.05, 3.63) is 29.8 Å². The number of rotatable bonds is 9. The molecule has 6 heteroatoms. The molecule has 0 unspecified atom stereocenters. The van der Waals surface area contributed by atoms with Gasteiger partial charge in [-0.15, -0.1) is 0 Å². The first-order chi connectivity index (χ1) is 9.29. The van der Waals surface area contributed by atoms with Gasteiger partial charge in [0.15, 0.2) is 0 Å². The molecule has 0 aromatic heterocycles. The van der Waals surface area contributed by atoms with Gasteiger partial charge in [-0.2, -0.15) is 4.89 Å². The van der Waals surface area contributed by atoms with Gasteiger partial charge >= 0.3 is 5.97 Å². The number of carbonyl (C=O) groups is 1. The summed E-state index contributed by atoms with van der Waals surface area (Å²) in [4.78, 5) is 21.1. The Balaban J connectivity index is 2.52. The minimum Gasteiger partial charge on any atom is -0.490 e. The molecule has 0 N–H and O–H groups in total. The van der Waals surface area contributed by atoms with Gasteiger partial charge in [0.25, 0.3) is 0 Å². The maximum atomic E-state index is 11.8. The van der Waals surface area contributed by atoms with E-state index in [4.69, 9.17) is 19.1 Å². The fraction of sp³-hybridized carbons (Fsp3) is 0.462. The molecule has 0 aliphatic carbocycles. The Labute approximate surface area is 112 Å². The third-order valence-electron chi connectivity index (χ3n) is 2.16. The van der Waals surface area contributed by atoms with Crippen molar-refractivity contribution in [1.29, 1.82) is 0 Å². The number of methoxy groups -OCH3 is 2. The summed E-state index contributed by atoms with van der Waals surface area (Å²) in [5, 5.41) is 0. The summed E-state index contributed by atoms with van der Waals surface area (Å²) in [7, 11) is 3.11. The van der Waals surface area contributed by atoms with Crippen LogP contribution < -0.4 is 4.74 Å². The zero-order valence-electron chi connectivity index (χ0n) is 11.1. The minimum atomic E-state index is -0.607. The Bertz CT molecular complexity index is 379. The van der Waals surface area contributed by atoms with E-state index in [1.54, 1.807) is 31.4 Å². The second-order valence-corrected chi connectivity index (χ2v) is 3.52. The van der Waals surface area contributed by atoms with Crippen LogP contribution in [0.4, 0.5) is 0 Å². The molecule has 0 heterocycles. The van der Waals surface area contributed by atoms with Gasteiger partial charge in [0.2, 0.25) is 0 Å². The summed E-state index contributed by atoms with van der Waals surface area (Å²) in [5.41, 5.74) is 0.302. The van der Waals surface area contributed by atoms with Crippen LogP contribution in [0.25, 0.3) is 0 Å². The normalized spacial score (nSPS) is 10.2. The molecule has 0 atom stereocenters. The van der Waals surface area contributed by atoms with Gasteiger partial charge in [-0.1, -0.05) is 12.1 Å². The molecule has 1 aromatic carbocycles. The van der Waals surface area contributed by atoms with Gasteiger partial charge in [-0.25, -0.2) is 4.79 Å². The lowest BCUT2D eigenvalue weighted by atomic mass is 10.2. The number of hydrogen-bond acceptors (Lipinski definition) is 6. The molecule has 19 heavy (non-hydrogen) atoms. The molecule has 6 nitrogen and oxygen atoms in total. The Morgan fingerprint density at radius 3 is 2.42 bits per heavy atom. The third kappa shape index (κ3) is 5.69. The van der Waals surface area contributed by atoms with Crippen LogP contribution in [0, 0.1) is 0 Å². The number of para-hydroxylation sites is 1. The van der Waals surface area contributed by atoms with Crippen molar-refractivity contribution in [2.75, 3.05) is 40.6 Å². The van der Waals surface area contributed by atoms with Crippen molar-refractivity contribution in [3.8, 4) is 5.75 Å². The smallest absolute Gasteiger partial charge is 0.376 e. The largest absolute Gasteiger partial charge is 0.490 e. The highest BCUT2D eigenvalue weighted by atomic mass is 17.2. The topological polar surface area (TPSA) is 63.2 Å². The Morgan fingerprint density at radius 1 is 1.00 bits per heavy atom. The van der Waals surface area contributed by atoms with E-state index in [0.717, 1.165) is 0 Å². The number of benzene rings is 1. The van der Waals surface area contributed by atoms with Crippen LogP contribution in [-0.4, -0.2) is 46.6 Å². The molecule has 0 amide bonds. The van der Waals surface area contributed by atoms with Gasteiger partial charge in [0.1, 0.15) is 24.5 Å². The lowest BCUT2D eigenvalue weighted by Crippen LogP contribution is -2.12. The fourth-order valence-electron chi connectivity index (χ4n) is 1.25. The molecule has 0 saturated heterocycles. The van der Waals surface area contributed by atoms with Crippen LogP contribution in [0.2, 0.25) is 0 Å². The summed E-state index contributed by atoms with van der Waals surface area (Å²) in [5.74, 6) is -0.177. The molecule has 0 bridgehead atoms. The van der Waals surface area contributed by atoms with Crippen LogP contribution in [0.1, 0.15) is 10.4 Å². The first kappa shape index (κ1) is 15.4. The highest BCUT2D eigenvalue weighted by molar-refractivity contribution is 5.92. The van der Waals surface area contributed by atoms with E-state index in [-0.39, 0.29) is 6.61 Å². The zero-order valence-corrected chi connectivity index (χ0v) is 11.1. The monoisotopic (exact) mass is 270 g/mol. The standard InChI is InChI=1S/C13H18O6/c1-15-7-9-17-12-6-4-3-5-11(12)13(14)19-18-10-8-16-2/h3-6H,7-10H2,1-2H3. The van der Waals surface area contributed by atoms with Gasteiger partial charge in [-0.3, -0.25) is 4.89 Å². The van der Waals surface area contributed by atoms with Crippen LogP contribution in [0.15, 0.2) is 24.3 Å². The van der Waals surface area contributed by atoms with Gasteiger partial charge in [-0.05, 0) is 12.1 Å². The van der Waals surface area contributed by atoms with E-state index in [2.05, 4.69) is 4.89 Å². The van der Waals surface area contributed by atoms with Crippen LogP contribution in [-0.2, 0) is 19.2 Å². The molecule has 0 spiro atoms. The van der Waals surface area contributed by atoms with Crippen molar-refractivity contribution >= 4 is 5.97 Å². The number of carbonyl (C=O) groups excluding carboxylic acids is 1. The lowest BCUT2D eigenvalue weighted by molar-refractivity contribution is -0.246. The van der Waals surface area contributed by atoms with E-state index in [0.29, 0.717) is 31.1 Å². The number of ether oxygens (including phenoxy) is 3. The van der Waals surface area contributed by atoms with Crippen LogP contribution in [0.3, 0.4) is 0 Å². The van der Waals surface area contributed by atoms with Crippen LogP contribution in [0.5, 0.6) is 5.75 Å². The van der Waals surface area contributed by atoms with Crippen molar-refractivity contribution in [2.24, 2.45) is 0 Å². The summed E-state index contributed by atoms with van der Waals surface area (Å²) in [6.45, 7) is 1.31. The molecular weight excluding hydrogens is 252 g/mol. The number of hydrogen-bond donors (Lipinski definition) is 0. The first-order valence-electron chi connectivity index (χ1n) is 5.83. The van der Waals surface area contributed by atoms with E-state index >= 15 is 0 Å². The average Bonchev–Trinajstić information content (AvgIpc) is 2.44.